The van der Waals surface area contributed by atoms with Crippen molar-refractivity contribution in [2.45, 2.75) is 31.1 Å². The van der Waals surface area contributed by atoms with Crippen LogP contribution in [0.3, 0.4) is 0 Å². The molecule has 3 aliphatic rings. The maximum atomic E-state index is 2.59. The van der Waals surface area contributed by atoms with Gasteiger partial charge in [0.25, 0.3) is 0 Å². The van der Waals surface area contributed by atoms with E-state index in [2.05, 4.69) is 181 Å². The number of rotatable bonds is 5. The Kier molecular flexibility index (Phi) is 6.86. The van der Waals surface area contributed by atoms with E-state index in [1.165, 1.54) is 95.7 Å². The van der Waals surface area contributed by atoms with E-state index in [1.807, 2.05) is 11.3 Å². The van der Waals surface area contributed by atoms with Crippen molar-refractivity contribution in [3.05, 3.63) is 187 Å². The molecule has 1 aromatic heterocycles. The molecule has 1 nitrogen and oxygen atoms in total. The number of anilines is 3. The molecule has 12 rings (SSSR count). The van der Waals surface area contributed by atoms with Crippen LogP contribution in [0.4, 0.5) is 17.1 Å². The number of nitrogens with zero attached hydrogens (tertiary/aromatic N) is 1. The highest BCUT2D eigenvalue weighted by atomic mass is 32.1. The zero-order valence-electron chi connectivity index (χ0n) is 30.6. The number of hydrogen-bond donors (Lipinski definition) is 0. The molecule has 2 saturated carbocycles. The van der Waals surface area contributed by atoms with E-state index >= 15 is 0 Å². The molecule has 0 saturated heterocycles. The second-order valence-corrected chi connectivity index (χ2v) is 17.1. The quantitative estimate of drug-likeness (QED) is 0.171. The van der Waals surface area contributed by atoms with Gasteiger partial charge >= 0.3 is 0 Å². The third-order valence-electron chi connectivity index (χ3n) is 13.4. The van der Waals surface area contributed by atoms with Crippen molar-refractivity contribution in [2.75, 3.05) is 4.90 Å². The van der Waals surface area contributed by atoms with Gasteiger partial charge < -0.3 is 4.90 Å². The second kappa shape index (κ2) is 12.0. The molecule has 3 atom stereocenters. The predicted octanol–water partition coefficient (Wildman–Crippen LogP) is 15.1. The monoisotopic (exact) mass is 721 g/mol. The highest BCUT2D eigenvalue weighted by Crippen LogP contribution is 2.66. The number of thiophene rings is 1. The maximum Gasteiger partial charge on any atom is 0.0540 e. The van der Waals surface area contributed by atoms with Gasteiger partial charge in [-0.25, -0.2) is 0 Å². The van der Waals surface area contributed by atoms with Crippen LogP contribution < -0.4 is 4.90 Å². The Balaban J connectivity index is 1.03. The van der Waals surface area contributed by atoms with Crippen LogP contribution in [0.25, 0.3) is 64.3 Å². The molecule has 262 valence electrons. The predicted molar refractivity (Wildman–Crippen MR) is 234 cm³/mol. The molecular weight excluding hydrogens is 683 g/mol. The topological polar surface area (TPSA) is 3.24 Å². The fourth-order valence-electron chi connectivity index (χ4n) is 11.0. The van der Waals surface area contributed by atoms with E-state index in [9.17, 15) is 0 Å². The third kappa shape index (κ3) is 4.65. The van der Waals surface area contributed by atoms with Gasteiger partial charge in [-0.05, 0) is 123 Å². The van der Waals surface area contributed by atoms with Gasteiger partial charge in [0.1, 0.15) is 0 Å². The van der Waals surface area contributed by atoms with Crippen LogP contribution in [0.2, 0.25) is 0 Å². The van der Waals surface area contributed by atoms with Crippen molar-refractivity contribution >= 4 is 59.3 Å². The van der Waals surface area contributed by atoms with Crippen molar-refractivity contribution in [1.82, 2.24) is 0 Å². The van der Waals surface area contributed by atoms with Crippen molar-refractivity contribution in [3.63, 3.8) is 0 Å². The largest absolute Gasteiger partial charge is 0.310 e. The normalized spacial score (nSPS) is 19.4. The summed E-state index contributed by atoms with van der Waals surface area (Å²) in [5.41, 5.74) is 14.8. The lowest BCUT2D eigenvalue weighted by Crippen LogP contribution is -2.31. The van der Waals surface area contributed by atoms with Crippen LogP contribution in [0.1, 0.15) is 36.8 Å². The average molecular weight is 722 g/mol. The minimum absolute atomic E-state index is 0.161. The number of fused-ring (bicyclic) bond motifs is 12. The second-order valence-electron chi connectivity index (χ2n) is 16.1. The summed E-state index contributed by atoms with van der Waals surface area (Å²) in [4.78, 5) is 2.47. The molecule has 0 aliphatic heterocycles. The Morgan fingerprint density at radius 2 is 1.13 bits per heavy atom. The highest BCUT2D eigenvalue weighted by Gasteiger charge is 2.56. The molecule has 2 bridgehead atoms. The zero-order valence-corrected chi connectivity index (χ0v) is 31.4. The molecule has 2 fully saturated rings. The van der Waals surface area contributed by atoms with Gasteiger partial charge in [-0.15, -0.1) is 11.3 Å². The van der Waals surface area contributed by atoms with Crippen LogP contribution in [-0.2, 0) is 5.41 Å². The Morgan fingerprint density at radius 1 is 0.455 bits per heavy atom. The van der Waals surface area contributed by atoms with Gasteiger partial charge in [0.15, 0.2) is 0 Å². The van der Waals surface area contributed by atoms with Crippen molar-refractivity contribution in [1.29, 1.82) is 0 Å². The summed E-state index contributed by atoms with van der Waals surface area (Å²) in [6.07, 6.45) is 5.44. The summed E-state index contributed by atoms with van der Waals surface area (Å²) < 4.78 is 2.63. The summed E-state index contributed by atoms with van der Waals surface area (Å²) >= 11 is 1.88. The van der Waals surface area contributed by atoms with E-state index < -0.39 is 0 Å². The molecule has 55 heavy (non-hydrogen) atoms. The van der Waals surface area contributed by atoms with Gasteiger partial charge in [0.2, 0.25) is 0 Å². The maximum absolute atomic E-state index is 2.59. The smallest absolute Gasteiger partial charge is 0.0540 e. The molecule has 3 aliphatic carbocycles. The van der Waals surface area contributed by atoms with Crippen LogP contribution >= 0.6 is 11.3 Å². The zero-order chi connectivity index (χ0) is 36.1. The van der Waals surface area contributed by atoms with Gasteiger partial charge in [0, 0.05) is 42.3 Å². The summed E-state index contributed by atoms with van der Waals surface area (Å²) in [6.45, 7) is 0. The molecular formula is C53H39NS. The molecule has 8 aromatic carbocycles. The summed E-state index contributed by atoms with van der Waals surface area (Å²) in [5, 5.41) is 5.18. The van der Waals surface area contributed by atoms with Crippen LogP contribution in [0.15, 0.2) is 176 Å². The first-order valence-corrected chi connectivity index (χ1v) is 20.7. The van der Waals surface area contributed by atoms with Crippen molar-refractivity contribution in [3.8, 4) is 33.4 Å². The Hall–Kier alpha value is -5.96. The fraction of sp³-hybridized carbons (Fsp3) is 0.132. The van der Waals surface area contributed by atoms with E-state index in [-0.39, 0.29) is 5.41 Å². The molecule has 0 radical (unpaired) electrons. The van der Waals surface area contributed by atoms with Crippen molar-refractivity contribution < 1.29 is 0 Å². The lowest BCUT2D eigenvalue weighted by molar-refractivity contribution is 0.327. The fourth-order valence-corrected chi connectivity index (χ4v) is 12.1. The Morgan fingerprint density at radius 3 is 1.96 bits per heavy atom. The summed E-state index contributed by atoms with van der Waals surface area (Å²) in [5.74, 6) is 1.60. The van der Waals surface area contributed by atoms with Gasteiger partial charge in [-0.1, -0.05) is 140 Å². The molecule has 0 N–H and O–H groups in total. The van der Waals surface area contributed by atoms with Crippen LogP contribution in [0.5, 0.6) is 0 Å². The molecule has 1 spiro atoms. The summed E-state index contributed by atoms with van der Waals surface area (Å²) in [6, 6.07) is 66.1. The first-order valence-electron chi connectivity index (χ1n) is 19.9. The van der Waals surface area contributed by atoms with Crippen LogP contribution in [0, 0.1) is 11.8 Å². The molecule has 1 heterocycles. The number of hydrogen-bond acceptors (Lipinski definition) is 2. The number of benzene rings is 8. The Labute approximate surface area is 326 Å². The first kappa shape index (κ1) is 31.4. The molecule has 9 aromatic rings. The van der Waals surface area contributed by atoms with E-state index in [1.54, 1.807) is 11.1 Å². The van der Waals surface area contributed by atoms with E-state index in [4.69, 9.17) is 0 Å². The minimum atomic E-state index is 0.161. The first-order chi connectivity index (χ1) is 27.2. The minimum Gasteiger partial charge on any atom is -0.310 e. The highest BCUT2D eigenvalue weighted by molar-refractivity contribution is 7.25. The van der Waals surface area contributed by atoms with E-state index in [0.717, 1.165) is 23.2 Å². The van der Waals surface area contributed by atoms with Gasteiger partial charge in [0.05, 0.1) is 5.69 Å². The third-order valence-corrected chi connectivity index (χ3v) is 14.5. The SMILES string of the molecule is c1ccc(-c2ccc(N(c3ccc4c(c3)sc3ccccc34)c3ccc(-c4ccc5c(c4)C4(CC6CCC4C6)c4ccccc4-5)c4ccccc34)cc2)cc1. The van der Waals surface area contributed by atoms with Crippen molar-refractivity contribution in [2.24, 2.45) is 11.8 Å². The lowest BCUT2D eigenvalue weighted by atomic mass is 9.66. The molecule has 3 unspecified atom stereocenters. The van der Waals surface area contributed by atoms with E-state index in [0.29, 0.717) is 0 Å². The van der Waals surface area contributed by atoms with Gasteiger partial charge in [-0.3, -0.25) is 0 Å². The van der Waals surface area contributed by atoms with Gasteiger partial charge in [-0.2, -0.15) is 0 Å². The summed E-state index contributed by atoms with van der Waals surface area (Å²) in [7, 11) is 0. The van der Waals surface area contributed by atoms with Crippen LogP contribution in [-0.4, -0.2) is 0 Å². The average Bonchev–Trinajstić information content (AvgIpc) is 4.03. The lowest BCUT2D eigenvalue weighted by Gasteiger charge is -2.36. The standard InChI is InChI=1S/C53H39NS/c1-2-10-35(11-3-1)36-19-23-39(24-20-36)54(40-25-27-47-46-15-7-9-17-51(46)55-52(47)32-40)50-29-28-41(42-12-4-5-14-45(42)50)37-21-26-44-43-13-6-8-16-48(43)53(49(44)31-37)33-34-18-22-38(53)30-34/h1-17,19-21,23-29,31-32,34,38H,18,22,30,33H2. The molecule has 2 heteroatoms. The molecule has 0 amide bonds. The Bertz CT molecular complexity index is 2960.